The van der Waals surface area contributed by atoms with E-state index in [1.165, 1.54) is 12.0 Å². The fraction of sp³-hybridized carbons (Fsp3) is 0.667. The van der Waals surface area contributed by atoms with Gasteiger partial charge in [-0.25, -0.2) is 0 Å². The third-order valence-corrected chi connectivity index (χ3v) is 5.60. The van der Waals surface area contributed by atoms with Crippen LogP contribution in [0.1, 0.15) is 45.1 Å². The zero-order valence-electron chi connectivity index (χ0n) is 13.2. The lowest BCUT2D eigenvalue weighted by Gasteiger charge is -2.54. The van der Waals surface area contributed by atoms with Gasteiger partial charge in [-0.15, -0.1) is 0 Å². The van der Waals surface area contributed by atoms with E-state index in [9.17, 15) is 5.11 Å². The second-order valence-corrected chi connectivity index (χ2v) is 7.78. The van der Waals surface area contributed by atoms with Crippen molar-refractivity contribution in [3.8, 4) is 5.75 Å². The number of rotatable bonds is 2. The molecule has 0 spiro atoms. The van der Waals surface area contributed by atoms with Gasteiger partial charge in [0.05, 0.1) is 12.2 Å². The third kappa shape index (κ3) is 2.47. The second-order valence-electron chi connectivity index (χ2n) is 7.78. The van der Waals surface area contributed by atoms with Gasteiger partial charge in [0.15, 0.2) is 0 Å². The number of fused-ring (bicyclic) bond motifs is 1. The van der Waals surface area contributed by atoms with Crippen LogP contribution < -0.4 is 10.5 Å². The Morgan fingerprint density at radius 3 is 2.71 bits per heavy atom. The minimum atomic E-state index is -0.725. The molecule has 1 fully saturated rings. The van der Waals surface area contributed by atoms with Crippen LogP contribution in [0.4, 0.5) is 0 Å². The van der Waals surface area contributed by atoms with Crippen molar-refractivity contribution < 1.29 is 9.84 Å². The van der Waals surface area contributed by atoms with Gasteiger partial charge in [-0.1, -0.05) is 38.5 Å². The largest absolute Gasteiger partial charge is 0.493 e. The van der Waals surface area contributed by atoms with Crippen LogP contribution in [0, 0.1) is 10.8 Å². The Hall–Kier alpha value is -1.06. The van der Waals surface area contributed by atoms with Crippen LogP contribution >= 0.6 is 0 Å². The molecule has 1 aliphatic carbocycles. The molecule has 3 nitrogen and oxygen atoms in total. The maximum absolute atomic E-state index is 11.4. The van der Waals surface area contributed by atoms with Gasteiger partial charge in [-0.2, -0.15) is 0 Å². The van der Waals surface area contributed by atoms with Crippen molar-refractivity contribution in [3.63, 3.8) is 0 Å². The van der Waals surface area contributed by atoms with E-state index in [1.807, 2.05) is 18.2 Å². The second kappa shape index (κ2) is 4.99. The Morgan fingerprint density at radius 1 is 1.24 bits per heavy atom. The standard InChI is InChI=1S/C18H27NO2/c1-16(2)8-5-9-18(20,11-16)17(12-19)10-14-6-3-4-7-15(14)21-13-17/h3-4,6-7,20H,5,8-13,19H2,1-2H3. The molecule has 0 amide bonds. The normalized spacial score (nSPS) is 34.9. The molecule has 0 saturated heterocycles. The smallest absolute Gasteiger partial charge is 0.122 e. The monoisotopic (exact) mass is 289 g/mol. The number of para-hydroxylation sites is 1. The predicted molar refractivity (Wildman–Crippen MR) is 84.3 cm³/mol. The molecule has 0 aromatic heterocycles. The SMILES string of the molecule is CC1(C)CCCC(O)(C2(CN)COc3ccccc3C2)C1. The maximum Gasteiger partial charge on any atom is 0.122 e. The van der Waals surface area contributed by atoms with Gasteiger partial charge in [0.1, 0.15) is 5.75 Å². The molecule has 3 rings (SSSR count). The fourth-order valence-corrected chi connectivity index (χ4v) is 4.32. The summed E-state index contributed by atoms with van der Waals surface area (Å²) in [5, 5.41) is 11.4. The molecule has 3 N–H and O–H groups in total. The predicted octanol–water partition coefficient (Wildman–Crippen LogP) is 2.90. The summed E-state index contributed by atoms with van der Waals surface area (Å²) in [7, 11) is 0. The van der Waals surface area contributed by atoms with Crippen molar-refractivity contribution in [2.45, 2.75) is 51.6 Å². The van der Waals surface area contributed by atoms with E-state index in [2.05, 4.69) is 19.9 Å². The molecule has 1 aromatic rings. The van der Waals surface area contributed by atoms with Gasteiger partial charge in [0.25, 0.3) is 0 Å². The minimum absolute atomic E-state index is 0.173. The van der Waals surface area contributed by atoms with E-state index >= 15 is 0 Å². The molecule has 21 heavy (non-hydrogen) atoms. The van der Waals surface area contributed by atoms with Gasteiger partial charge in [0.2, 0.25) is 0 Å². The number of benzene rings is 1. The van der Waals surface area contributed by atoms with E-state index in [1.54, 1.807) is 0 Å². The van der Waals surface area contributed by atoms with Gasteiger partial charge < -0.3 is 15.6 Å². The third-order valence-electron chi connectivity index (χ3n) is 5.60. The molecule has 2 atom stereocenters. The number of hydrogen-bond donors (Lipinski definition) is 2. The lowest BCUT2D eigenvalue weighted by Crippen LogP contribution is -2.61. The molecule has 1 heterocycles. The van der Waals surface area contributed by atoms with Crippen LogP contribution in [0.15, 0.2) is 24.3 Å². The minimum Gasteiger partial charge on any atom is -0.493 e. The Labute approximate surface area is 127 Å². The number of hydrogen-bond acceptors (Lipinski definition) is 3. The highest BCUT2D eigenvalue weighted by atomic mass is 16.5. The number of ether oxygens (including phenoxy) is 1. The molecule has 1 saturated carbocycles. The van der Waals surface area contributed by atoms with Crippen LogP contribution in [0.3, 0.4) is 0 Å². The average Bonchev–Trinajstić information content (AvgIpc) is 2.45. The first-order valence-corrected chi connectivity index (χ1v) is 8.03. The topological polar surface area (TPSA) is 55.5 Å². The summed E-state index contributed by atoms with van der Waals surface area (Å²) in [6.07, 6.45) is 4.69. The summed E-state index contributed by atoms with van der Waals surface area (Å²) in [5.41, 5.74) is 6.42. The van der Waals surface area contributed by atoms with E-state index in [0.717, 1.165) is 31.4 Å². The lowest BCUT2D eigenvalue weighted by atomic mass is 9.57. The maximum atomic E-state index is 11.4. The molecule has 1 aliphatic heterocycles. The Kier molecular flexibility index (Phi) is 3.53. The summed E-state index contributed by atoms with van der Waals surface area (Å²) >= 11 is 0. The van der Waals surface area contributed by atoms with Crippen LogP contribution in [0.2, 0.25) is 0 Å². The number of nitrogens with two attached hydrogens (primary N) is 1. The van der Waals surface area contributed by atoms with Crippen molar-refractivity contribution in [1.29, 1.82) is 0 Å². The molecular formula is C18H27NO2. The highest BCUT2D eigenvalue weighted by Gasteiger charge is 2.54. The summed E-state index contributed by atoms with van der Waals surface area (Å²) in [5.74, 6) is 0.945. The van der Waals surface area contributed by atoms with Crippen LogP contribution in [-0.2, 0) is 6.42 Å². The Morgan fingerprint density at radius 2 is 2.00 bits per heavy atom. The summed E-state index contributed by atoms with van der Waals surface area (Å²) in [6, 6.07) is 8.12. The van der Waals surface area contributed by atoms with Gasteiger partial charge >= 0.3 is 0 Å². The van der Waals surface area contributed by atoms with Gasteiger partial charge in [0, 0.05) is 12.0 Å². The summed E-state index contributed by atoms with van der Waals surface area (Å²) in [6.45, 7) is 5.49. The average molecular weight is 289 g/mol. The Bertz CT molecular complexity index is 528. The van der Waals surface area contributed by atoms with E-state index in [4.69, 9.17) is 10.5 Å². The zero-order chi connectivity index (χ0) is 15.1. The van der Waals surface area contributed by atoms with Crippen molar-refractivity contribution in [1.82, 2.24) is 0 Å². The Balaban J connectivity index is 1.95. The molecule has 0 radical (unpaired) electrons. The summed E-state index contributed by atoms with van der Waals surface area (Å²) < 4.78 is 5.98. The van der Waals surface area contributed by atoms with Gasteiger partial charge in [-0.3, -0.25) is 0 Å². The molecule has 2 aliphatic rings. The van der Waals surface area contributed by atoms with Crippen LogP contribution in [0.5, 0.6) is 5.75 Å². The van der Waals surface area contributed by atoms with E-state index in [0.29, 0.717) is 13.2 Å². The van der Waals surface area contributed by atoms with E-state index in [-0.39, 0.29) is 10.8 Å². The highest BCUT2D eigenvalue weighted by Crippen LogP contribution is 2.52. The molecule has 3 heteroatoms. The van der Waals surface area contributed by atoms with Crippen molar-refractivity contribution in [3.05, 3.63) is 29.8 Å². The molecule has 1 aromatic carbocycles. The van der Waals surface area contributed by atoms with Crippen molar-refractivity contribution in [2.24, 2.45) is 16.6 Å². The molecule has 116 valence electrons. The number of aliphatic hydroxyl groups is 1. The first kappa shape index (κ1) is 14.9. The van der Waals surface area contributed by atoms with Crippen LogP contribution in [-0.4, -0.2) is 23.9 Å². The first-order valence-electron chi connectivity index (χ1n) is 8.03. The molecule has 0 bridgehead atoms. The zero-order valence-corrected chi connectivity index (χ0v) is 13.2. The molecule has 2 unspecified atom stereocenters. The highest BCUT2D eigenvalue weighted by molar-refractivity contribution is 5.37. The van der Waals surface area contributed by atoms with E-state index < -0.39 is 5.60 Å². The van der Waals surface area contributed by atoms with Crippen molar-refractivity contribution >= 4 is 0 Å². The summed E-state index contributed by atoms with van der Waals surface area (Å²) in [4.78, 5) is 0. The first-order chi connectivity index (χ1) is 9.90. The van der Waals surface area contributed by atoms with Crippen LogP contribution in [0.25, 0.3) is 0 Å². The lowest BCUT2D eigenvalue weighted by molar-refractivity contribution is -0.149. The fourth-order valence-electron chi connectivity index (χ4n) is 4.32. The van der Waals surface area contributed by atoms with Gasteiger partial charge in [-0.05, 0) is 42.7 Å². The quantitative estimate of drug-likeness (QED) is 0.880. The molecular weight excluding hydrogens is 262 g/mol. The van der Waals surface area contributed by atoms with Crippen molar-refractivity contribution in [2.75, 3.05) is 13.2 Å².